The van der Waals surface area contributed by atoms with Crippen LogP contribution in [0, 0.1) is 11.3 Å². The van der Waals surface area contributed by atoms with Crippen LogP contribution in [0.1, 0.15) is 82.4 Å². The third kappa shape index (κ3) is 4.83. The summed E-state index contributed by atoms with van der Waals surface area (Å²) < 4.78 is 56.4. The topological polar surface area (TPSA) is 107 Å². The van der Waals surface area contributed by atoms with Gasteiger partial charge in [0.2, 0.25) is 5.95 Å². The SMILES string of the molecule is Cn1nc(C(F)F)cc1Nc1nncn1[C@H]1CCc2sc(CC(=O)[C@H]3CC34CC4)c(C(=O)NC3CC(F)(F)C3)c2C1. The average molecular weight is 592 g/mol. The lowest BCUT2D eigenvalue weighted by atomic mass is 9.87. The number of aryl methyl sites for hydroxylation is 2. The van der Waals surface area contributed by atoms with Crippen molar-refractivity contribution in [2.24, 2.45) is 18.4 Å². The summed E-state index contributed by atoms with van der Waals surface area (Å²) >= 11 is 1.48. The highest BCUT2D eigenvalue weighted by molar-refractivity contribution is 7.12. The van der Waals surface area contributed by atoms with Gasteiger partial charge >= 0.3 is 0 Å². The molecule has 3 saturated carbocycles. The van der Waals surface area contributed by atoms with Crippen LogP contribution in [-0.4, -0.2) is 48.2 Å². The fourth-order valence-corrected chi connectivity index (χ4v) is 7.85. The Morgan fingerprint density at radius 1 is 1.22 bits per heavy atom. The standard InChI is InChI=1S/C27H29F4N7O2S/c1-37-21(7-17(36-37)23(28)29)34-25-35-32-12-38(25)14-2-3-19-15(6-14)22(24(40)33-13-9-27(30,31)10-13)20(41-19)8-18(39)16-11-26(16)4-5-26/h7,12-14,16,23H,2-6,8-11H2,1H3,(H,33,40)(H,34,35)/t14-,16+/m0/s1. The Balaban J connectivity index is 1.15. The van der Waals surface area contributed by atoms with E-state index in [9.17, 15) is 27.2 Å². The van der Waals surface area contributed by atoms with E-state index in [4.69, 9.17) is 0 Å². The lowest BCUT2D eigenvalue weighted by Gasteiger charge is -2.35. The van der Waals surface area contributed by atoms with Gasteiger partial charge in [-0.25, -0.2) is 17.6 Å². The highest BCUT2D eigenvalue weighted by atomic mass is 32.1. The molecule has 218 valence electrons. The highest BCUT2D eigenvalue weighted by Crippen LogP contribution is 2.71. The van der Waals surface area contributed by atoms with E-state index < -0.39 is 24.3 Å². The first kappa shape index (κ1) is 26.6. The van der Waals surface area contributed by atoms with Gasteiger partial charge in [-0.15, -0.1) is 21.5 Å². The average Bonchev–Trinajstić information content (AvgIpc) is 3.65. The number of hydrogen-bond donors (Lipinski definition) is 2. The molecule has 1 spiro atoms. The number of alkyl halides is 4. The molecule has 0 saturated heterocycles. The molecule has 2 atom stereocenters. The van der Waals surface area contributed by atoms with Gasteiger partial charge < -0.3 is 10.6 Å². The number of nitrogens with zero attached hydrogens (tertiary/aromatic N) is 5. The number of amides is 1. The number of carbonyl (C=O) groups is 2. The number of anilines is 2. The number of ketones is 1. The van der Waals surface area contributed by atoms with Crippen LogP contribution < -0.4 is 10.6 Å². The Kier molecular flexibility index (Phi) is 6.07. The van der Waals surface area contributed by atoms with Crippen LogP contribution in [0.4, 0.5) is 29.3 Å². The number of hydrogen-bond acceptors (Lipinski definition) is 7. The Hall–Kier alpha value is -3.29. The molecule has 0 bridgehead atoms. The zero-order chi connectivity index (χ0) is 28.7. The minimum atomic E-state index is -2.76. The van der Waals surface area contributed by atoms with Crippen molar-refractivity contribution in [1.29, 1.82) is 0 Å². The summed E-state index contributed by atoms with van der Waals surface area (Å²) in [6.07, 6.45) is 3.19. The van der Waals surface area contributed by atoms with E-state index in [1.807, 2.05) is 4.57 Å². The van der Waals surface area contributed by atoms with Crippen LogP contribution in [0.25, 0.3) is 0 Å². The van der Waals surface area contributed by atoms with E-state index in [1.54, 1.807) is 13.4 Å². The predicted octanol–water partition coefficient (Wildman–Crippen LogP) is 4.92. The molecule has 41 heavy (non-hydrogen) atoms. The molecular formula is C27H29F4N7O2S. The summed E-state index contributed by atoms with van der Waals surface area (Å²) in [5.41, 5.74) is 1.12. The zero-order valence-electron chi connectivity index (χ0n) is 22.3. The van der Waals surface area contributed by atoms with Crippen LogP contribution in [0.2, 0.25) is 0 Å². The maximum absolute atomic E-state index is 13.5. The number of rotatable bonds is 9. The number of carbonyl (C=O) groups excluding carboxylic acids is 2. The molecule has 3 aromatic rings. The molecule has 3 heterocycles. The molecule has 4 aliphatic carbocycles. The fraction of sp³-hybridized carbons (Fsp3) is 0.593. The summed E-state index contributed by atoms with van der Waals surface area (Å²) in [5, 5.41) is 17.8. The Morgan fingerprint density at radius 2 is 2.00 bits per heavy atom. The lowest BCUT2D eigenvalue weighted by molar-refractivity contribution is -0.120. The molecule has 3 fully saturated rings. The molecule has 4 aliphatic rings. The number of Topliss-reactive ketones (excluding diaryl/α,β-unsaturated/α-hetero) is 1. The van der Waals surface area contributed by atoms with Gasteiger partial charge in [-0.05, 0) is 49.5 Å². The van der Waals surface area contributed by atoms with Crippen molar-refractivity contribution in [3.8, 4) is 0 Å². The van der Waals surface area contributed by atoms with Crippen molar-refractivity contribution in [2.45, 2.75) is 82.2 Å². The van der Waals surface area contributed by atoms with Gasteiger partial charge in [0.05, 0.1) is 5.56 Å². The molecular weight excluding hydrogens is 562 g/mol. The molecule has 3 aromatic heterocycles. The van der Waals surface area contributed by atoms with Crippen molar-refractivity contribution in [1.82, 2.24) is 29.9 Å². The summed E-state index contributed by atoms with van der Waals surface area (Å²) in [5.74, 6) is -2.26. The molecule has 0 unspecified atom stereocenters. The van der Waals surface area contributed by atoms with Gasteiger partial charge in [-0.2, -0.15) is 5.10 Å². The van der Waals surface area contributed by atoms with Gasteiger partial charge in [0, 0.05) is 60.1 Å². The van der Waals surface area contributed by atoms with E-state index in [0.29, 0.717) is 41.5 Å². The Bertz CT molecular complexity index is 1530. The Morgan fingerprint density at radius 3 is 2.66 bits per heavy atom. The summed E-state index contributed by atoms with van der Waals surface area (Å²) in [6, 6.07) is 0.501. The largest absolute Gasteiger partial charge is 0.349 e. The Labute approximate surface area is 236 Å². The van der Waals surface area contributed by atoms with Gasteiger partial charge in [0.1, 0.15) is 23.6 Å². The number of nitrogens with one attached hydrogen (secondary N) is 2. The van der Waals surface area contributed by atoms with Gasteiger partial charge in [0.15, 0.2) is 0 Å². The van der Waals surface area contributed by atoms with Crippen LogP contribution >= 0.6 is 11.3 Å². The van der Waals surface area contributed by atoms with E-state index in [1.165, 1.54) is 22.1 Å². The number of aromatic nitrogens is 5. The van der Waals surface area contributed by atoms with E-state index >= 15 is 0 Å². The van der Waals surface area contributed by atoms with Crippen molar-refractivity contribution in [3.05, 3.63) is 39.0 Å². The summed E-state index contributed by atoms with van der Waals surface area (Å²) in [7, 11) is 1.55. The second-order valence-corrected chi connectivity index (χ2v) is 13.2. The van der Waals surface area contributed by atoms with Crippen LogP contribution in [0.5, 0.6) is 0 Å². The smallest absolute Gasteiger partial charge is 0.282 e. The molecule has 1 amide bonds. The van der Waals surface area contributed by atoms with Gasteiger partial charge in [0.25, 0.3) is 18.3 Å². The van der Waals surface area contributed by atoms with Crippen molar-refractivity contribution >= 4 is 34.8 Å². The zero-order valence-corrected chi connectivity index (χ0v) is 23.1. The van der Waals surface area contributed by atoms with Crippen LogP contribution in [-0.2, 0) is 31.1 Å². The van der Waals surface area contributed by atoms with Crippen LogP contribution in [0.3, 0.4) is 0 Å². The number of halogens is 4. The minimum Gasteiger partial charge on any atom is -0.349 e. The summed E-state index contributed by atoms with van der Waals surface area (Å²) in [4.78, 5) is 28.4. The van der Waals surface area contributed by atoms with Crippen molar-refractivity contribution in [3.63, 3.8) is 0 Å². The third-order valence-electron chi connectivity index (χ3n) is 9.09. The number of fused-ring (bicyclic) bond motifs is 1. The fourth-order valence-electron chi connectivity index (χ4n) is 6.49. The first-order chi connectivity index (χ1) is 19.5. The quantitative estimate of drug-likeness (QED) is 0.342. The first-order valence-corrected chi connectivity index (χ1v) is 14.7. The molecule has 14 heteroatoms. The van der Waals surface area contributed by atoms with Crippen LogP contribution in [0.15, 0.2) is 12.4 Å². The minimum absolute atomic E-state index is 0.0684. The predicted molar refractivity (Wildman–Crippen MR) is 141 cm³/mol. The van der Waals surface area contributed by atoms with Gasteiger partial charge in [-0.1, -0.05) is 0 Å². The highest BCUT2D eigenvalue weighted by Gasteiger charge is 2.65. The maximum atomic E-state index is 13.5. The van der Waals surface area contributed by atoms with E-state index in [2.05, 4.69) is 25.9 Å². The molecule has 0 radical (unpaired) electrons. The molecule has 7 rings (SSSR count). The molecule has 0 aromatic carbocycles. The molecule has 0 aliphatic heterocycles. The monoisotopic (exact) mass is 591 g/mol. The summed E-state index contributed by atoms with van der Waals surface area (Å²) in [6.45, 7) is 0. The van der Waals surface area contributed by atoms with Crippen molar-refractivity contribution < 1.29 is 27.2 Å². The first-order valence-electron chi connectivity index (χ1n) is 13.9. The third-order valence-corrected chi connectivity index (χ3v) is 10.4. The van der Waals surface area contributed by atoms with E-state index in [0.717, 1.165) is 29.7 Å². The van der Waals surface area contributed by atoms with E-state index in [-0.39, 0.29) is 48.1 Å². The van der Waals surface area contributed by atoms with Gasteiger partial charge in [-0.3, -0.25) is 18.8 Å². The maximum Gasteiger partial charge on any atom is 0.282 e. The van der Waals surface area contributed by atoms with Crippen molar-refractivity contribution in [2.75, 3.05) is 5.32 Å². The second kappa shape index (κ2) is 9.36. The normalized spacial score (nSPS) is 23.8. The molecule has 9 nitrogen and oxygen atoms in total. The second-order valence-electron chi connectivity index (χ2n) is 12.0. The number of thiophene rings is 1. The lowest BCUT2D eigenvalue weighted by Crippen LogP contribution is -2.50. The molecule has 2 N–H and O–H groups in total.